The first kappa shape index (κ1) is 17.5. The van der Waals surface area contributed by atoms with Gasteiger partial charge in [0.1, 0.15) is 5.54 Å². The lowest BCUT2D eigenvalue weighted by molar-refractivity contribution is -0.149. The van der Waals surface area contributed by atoms with Crippen LogP contribution in [0.1, 0.15) is 12.0 Å². The molecule has 0 amide bonds. The Balaban J connectivity index is 2.95. The first-order valence-electron chi connectivity index (χ1n) is 6.76. The molecule has 0 aliphatic carbocycles. The number of rotatable bonds is 8. The number of halogens is 2. The molecule has 21 heavy (non-hydrogen) atoms. The predicted molar refractivity (Wildman–Crippen MR) is 77.3 cm³/mol. The number of likely N-dealkylation sites (N-methyl/N-ethyl adjacent to an activating group) is 1. The van der Waals surface area contributed by atoms with Gasteiger partial charge in [0.25, 0.3) is 6.43 Å². The van der Waals surface area contributed by atoms with Crippen LogP contribution >= 0.6 is 0 Å². The largest absolute Gasteiger partial charge is 0.467 e. The number of nitrogens with zero attached hydrogens (tertiary/aromatic N) is 1. The summed E-state index contributed by atoms with van der Waals surface area (Å²) in [7, 11) is 4.59. The second kappa shape index (κ2) is 8.05. The summed E-state index contributed by atoms with van der Waals surface area (Å²) in [5.41, 5.74) is -0.281. The summed E-state index contributed by atoms with van der Waals surface area (Å²) >= 11 is 0. The molecule has 4 nitrogen and oxygen atoms in total. The molecule has 0 saturated heterocycles. The first-order chi connectivity index (χ1) is 9.96. The zero-order chi connectivity index (χ0) is 15.9. The molecule has 1 aromatic rings. The number of ether oxygens (including phenoxy) is 1. The fraction of sp³-hybridized carbons (Fsp3) is 0.533. The number of esters is 1. The minimum absolute atomic E-state index is 0.324. The van der Waals surface area contributed by atoms with Gasteiger partial charge < -0.3 is 15.0 Å². The van der Waals surface area contributed by atoms with Gasteiger partial charge in [-0.2, -0.15) is 0 Å². The van der Waals surface area contributed by atoms with E-state index in [9.17, 15) is 13.6 Å². The van der Waals surface area contributed by atoms with Gasteiger partial charge in [-0.25, -0.2) is 13.6 Å². The lowest BCUT2D eigenvalue weighted by Crippen LogP contribution is -2.50. The molecular weight excluding hydrogens is 278 g/mol. The number of carbonyl (C=O) groups is 1. The second-order valence-electron chi connectivity index (χ2n) is 4.92. The van der Waals surface area contributed by atoms with Crippen LogP contribution in [0.5, 0.6) is 0 Å². The van der Waals surface area contributed by atoms with Crippen molar-refractivity contribution in [2.24, 2.45) is 0 Å². The summed E-state index contributed by atoms with van der Waals surface area (Å²) in [6.07, 6.45) is -2.06. The Morgan fingerprint density at radius 1 is 1.38 bits per heavy atom. The first-order valence-corrected chi connectivity index (χ1v) is 6.76. The standard InChI is InChI=1S/C15H22F2N2O2/c1-18-15(14(20)21-3,12-7-5-4-6-8-12)9-10-19(2)11-13(16)17/h4-8,13,18H,9-11H2,1-3H3. The highest BCUT2D eigenvalue weighted by atomic mass is 19.3. The fourth-order valence-electron chi connectivity index (χ4n) is 2.32. The van der Waals surface area contributed by atoms with E-state index in [-0.39, 0.29) is 6.54 Å². The van der Waals surface area contributed by atoms with Gasteiger partial charge in [0, 0.05) is 6.54 Å². The van der Waals surface area contributed by atoms with Gasteiger partial charge >= 0.3 is 5.97 Å². The number of hydrogen-bond donors (Lipinski definition) is 1. The topological polar surface area (TPSA) is 41.6 Å². The molecule has 1 rings (SSSR count). The molecule has 1 unspecified atom stereocenters. The van der Waals surface area contributed by atoms with Gasteiger partial charge in [0.2, 0.25) is 0 Å². The Hall–Kier alpha value is -1.53. The van der Waals surface area contributed by atoms with Crippen LogP contribution < -0.4 is 5.32 Å². The number of nitrogens with one attached hydrogen (secondary N) is 1. The molecule has 0 aliphatic heterocycles. The fourth-order valence-corrected chi connectivity index (χ4v) is 2.32. The Kier molecular flexibility index (Phi) is 6.71. The van der Waals surface area contributed by atoms with Crippen molar-refractivity contribution in [3.8, 4) is 0 Å². The van der Waals surface area contributed by atoms with Crippen molar-refractivity contribution < 1.29 is 18.3 Å². The van der Waals surface area contributed by atoms with Gasteiger partial charge in [-0.05, 0) is 26.1 Å². The summed E-state index contributed by atoms with van der Waals surface area (Å²) < 4.78 is 29.7. The molecule has 0 radical (unpaired) electrons. The monoisotopic (exact) mass is 300 g/mol. The second-order valence-corrected chi connectivity index (χ2v) is 4.92. The zero-order valence-electron chi connectivity index (χ0n) is 12.6. The maximum atomic E-state index is 12.4. The van der Waals surface area contributed by atoms with Crippen LogP contribution in [0, 0.1) is 0 Å². The minimum Gasteiger partial charge on any atom is -0.467 e. The van der Waals surface area contributed by atoms with Crippen LogP contribution in [-0.4, -0.2) is 51.6 Å². The summed E-state index contributed by atoms with van der Waals surface area (Å²) in [6, 6.07) is 9.14. The molecule has 118 valence electrons. The molecule has 0 fully saturated rings. The van der Waals surface area contributed by atoms with E-state index in [1.165, 1.54) is 12.0 Å². The van der Waals surface area contributed by atoms with Crippen LogP contribution in [0.15, 0.2) is 30.3 Å². The van der Waals surface area contributed by atoms with E-state index in [4.69, 9.17) is 4.74 Å². The highest BCUT2D eigenvalue weighted by molar-refractivity contribution is 5.82. The van der Waals surface area contributed by atoms with Crippen molar-refractivity contribution in [2.75, 3.05) is 34.3 Å². The Bertz CT molecular complexity index is 443. The highest BCUT2D eigenvalue weighted by Crippen LogP contribution is 2.26. The van der Waals surface area contributed by atoms with Gasteiger partial charge in [-0.3, -0.25) is 0 Å². The lowest BCUT2D eigenvalue weighted by atomic mass is 9.86. The van der Waals surface area contributed by atoms with Crippen molar-refractivity contribution in [1.29, 1.82) is 0 Å². The summed E-state index contributed by atoms with van der Waals surface area (Å²) in [5.74, 6) is -0.429. The molecule has 0 bridgehead atoms. The number of benzene rings is 1. The molecule has 1 aromatic carbocycles. The van der Waals surface area contributed by atoms with E-state index in [0.29, 0.717) is 13.0 Å². The number of methoxy groups -OCH3 is 1. The smallest absolute Gasteiger partial charge is 0.330 e. The van der Waals surface area contributed by atoms with E-state index in [1.54, 1.807) is 14.1 Å². The highest BCUT2D eigenvalue weighted by Gasteiger charge is 2.39. The lowest BCUT2D eigenvalue weighted by Gasteiger charge is -2.32. The molecule has 0 aromatic heterocycles. The van der Waals surface area contributed by atoms with E-state index < -0.39 is 17.9 Å². The molecule has 1 N–H and O–H groups in total. The quantitative estimate of drug-likeness (QED) is 0.744. The number of carbonyl (C=O) groups excluding carboxylic acids is 1. The molecule has 0 saturated carbocycles. The molecule has 1 atom stereocenters. The van der Waals surface area contributed by atoms with Crippen molar-refractivity contribution in [2.45, 2.75) is 18.4 Å². The Labute approximate surface area is 124 Å². The summed E-state index contributed by atoms with van der Waals surface area (Å²) in [5, 5.41) is 3.00. The van der Waals surface area contributed by atoms with Gasteiger partial charge in [0.15, 0.2) is 0 Å². The van der Waals surface area contributed by atoms with Gasteiger partial charge in [-0.1, -0.05) is 30.3 Å². The van der Waals surface area contributed by atoms with Gasteiger partial charge in [-0.15, -0.1) is 0 Å². The SMILES string of the molecule is CNC(CCN(C)CC(F)F)(C(=O)OC)c1ccccc1. The maximum absolute atomic E-state index is 12.4. The van der Waals surface area contributed by atoms with Crippen LogP contribution in [0.2, 0.25) is 0 Å². The van der Waals surface area contributed by atoms with E-state index in [1.807, 2.05) is 30.3 Å². The third-order valence-electron chi connectivity index (χ3n) is 3.55. The number of alkyl halides is 2. The number of hydrogen-bond acceptors (Lipinski definition) is 4. The summed E-state index contributed by atoms with van der Waals surface area (Å²) in [6.45, 7) is 0.0188. The van der Waals surface area contributed by atoms with E-state index >= 15 is 0 Å². The molecule has 6 heteroatoms. The minimum atomic E-state index is -2.39. The Morgan fingerprint density at radius 3 is 2.48 bits per heavy atom. The normalized spacial score (nSPS) is 14.2. The third kappa shape index (κ3) is 4.47. The van der Waals surface area contributed by atoms with Crippen molar-refractivity contribution in [3.05, 3.63) is 35.9 Å². The van der Waals surface area contributed by atoms with Crippen LogP contribution in [-0.2, 0) is 15.1 Å². The molecular formula is C15H22F2N2O2. The van der Waals surface area contributed by atoms with Crippen molar-refractivity contribution >= 4 is 5.97 Å². The van der Waals surface area contributed by atoms with Crippen molar-refractivity contribution in [1.82, 2.24) is 10.2 Å². The third-order valence-corrected chi connectivity index (χ3v) is 3.55. The molecule has 0 spiro atoms. The van der Waals surface area contributed by atoms with Gasteiger partial charge in [0.05, 0.1) is 13.7 Å². The van der Waals surface area contributed by atoms with Crippen LogP contribution in [0.4, 0.5) is 8.78 Å². The average molecular weight is 300 g/mol. The van der Waals surface area contributed by atoms with Crippen molar-refractivity contribution in [3.63, 3.8) is 0 Å². The van der Waals surface area contributed by atoms with E-state index in [0.717, 1.165) is 5.56 Å². The summed E-state index contributed by atoms with van der Waals surface area (Å²) in [4.78, 5) is 13.8. The van der Waals surface area contributed by atoms with Crippen LogP contribution in [0.3, 0.4) is 0 Å². The Morgan fingerprint density at radius 2 is 2.00 bits per heavy atom. The molecule has 0 aliphatic rings. The van der Waals surface area contributed by atoms with Crippen LogP contribution in [0.25, 0.3) is 0 Å². The zero-order valence-corrected chi connectivity index (χ0v) is 12.6. The van der Waals surface area contributed by atoms with E-state index in [2.05, 4.69) is 5.32 Å². The molecule has 0 heterocycles. The average Bonchev–Trinajstić information content (AvgIpc) is 2.48. The maximum Gasteiger partial charge on any atom is 0.330 e. The predicted octanol–water partition coefficient (Wildman–Crippen LogP) is 1.86.